The second-order valence-corrected chi connectivity index (χ2v) is 7.71. The van der Waals surface area contributed by atoms with E-state index in [4.69, 9.17) is 9.82 Å². The van der Waals surface area contributed by atoms with Gasteiger partial charge < -0.3 is 0 Å². The van der Waals surface area contributed by atoms with Crippen LogP contribution in [0.15, 0.2) is 66.9 Å². The van der Waals surface area contributed by atoms with Crippen LogP contribution in [0.25, 0.3) is 33.3 Å². The highest BCUT2D eigenvalue weighted by Crippen LogP contribution is 2.23. The molecule has 3 aromatic heterocycles. The molecule has 1 N–H and O–H groups in total. The zero-order valence-corrected chi connectivity index (χ0v) is 18.3. The van der Waals surface area contributed by atoms with Crippen LogP contribution in [0.1, 0.15) is 28.4 Å². The van der Waals surface area contributed by atoms with Gasteiger partial charge in [0.15, 0.2) is 5.65 Å². The van der Waals surface area contributed by atoms with E-state index in [1.165, 1.54) is 0 Å². The van der Waals surface area contributed by atoms with Crippen LogP contribution in [0.5, 0.6) is 0 Å². The molecule has 164 valence electrons. The van der Waals surface area contributed by atoms with E-state index in [2.05, 4.69) is 26.8 Å². The van der Waals surface area contributed by atoms with Gasteiger partial charge in [-0.1, -0.05) is 23.4 Å². The first-order chi connectivity index (χ1) is 16.1. The molecule has 1 amide bonds. The number of amides is 1. The first-order valence-corrected chi connectivity index (χ1v) is 10.7. The molecule has 0 bridgehead atoms. The van der Waals surface area contributed by atoms with E-state index in [1.54, 1.807) is 16.9 Å². The van der Waals surface area contributed by atoms with Crippen molar-refractivity contribution in [2.75, 3.05) is 6.61 Å². The van der Waals surface area contributed by atoms with Gasteiger partial charge >= 0.3 is 0 Å². The van der Waals surface area contributed by atoms with E-state index >= 15 is 0 Å². The lowest BCUT2D eigenvalue weighted by Crippen LogP contribution is -2.24. The number of hydrogen-bond acceptors (Lipinski definition) is 6. The molecule has 0 unspecified atom stereocenters. The molecule has 0 radical (unpaired) electrons. The molecule has 8 heteroatoms. The van der Waals surface area contributed by atoms with Gasteiger partial charge in [0, 0.05) is 22.7 Å². The van der Waals surface area contributed by atoms with Crippen molar-refractivity contribution in [2.45, 2.75) is 20.4 Å². The summed E-state index contributed by atoms with van der Waals surface area (Å²) in [5.41, 5.74) is 9.01. The molecule has 33 heavy (non-hydrogen) atoms. The number of nitrogens with one attached hydrogen (secondary N) is 1. The molecule has 0 aliphatic carbocycles. The van der Waals surface area contributed by atoms with Crippen LogP contribution in [0.4, 0.5) is 0 Å². The summed E-state index contributed by atoms with van der Waals surface area (Å²) in [6, 6.07) is 19.6. The number of hydroxylamine groups is 1. The van der Waals surface area contributed by atoms with E-state index < -0.39 is 0 Å². The number of aromatic nitrogens is 5. The van der Waals surface area contributed by atoms with Crippen LogP contribution in [0, 0.1) is 6.92 Å². The van der Waals surface area contributed by atoms with Gasteiger partial charge in [-0.2, -0.15) is 0 Å². The average Bonchev–Trinajstić information content (AvgIpc) is 3.24. The quantitative estimate of drug-likeness (QED) is 0.402. The summed E-state index contributed by atoms with van der Waals surface area (Å²) >= 11 is 0. The number of rotatable bonds is 6. The first kappa shape index (κ1) is 20.7. The van der Waals surface area contributed by atoms with Crippen LogP contribution in [-0.2, 0) is 11.4 Å². The van der Waals surface area contributed by atoms with Gasteiger partial charge in [-0.05, 0) is 67.4 Å². The third-order valence-electron chi connectivity index (χ3n) is 5.44. The maximum Gasteiger partial charge on any atom is 0.275 e. The molecule has 5 rings (SSSR count). The molecule has 0 atom stereocenters. The van der Waals surface area contributed by atoms with Crippen LogP contribution < -0.4 is 5.48 Å². The summed E-state index contributed by atoms with van der Waals surface area (Å²) in [5, 5.41) is 9.66. The molecule has 0 spiro atoms. The molecule has 0 aliphatic rings. The zero-order chi connectivity index (χ0) is 22.8. The van der Waals surface area contributed by atoms with E-state index in [0.29, 0.717) is 24.4 Å². The molecule has 8 nitrogen and oxygen atoms in total. The number of pyridine rings is 2. The molecular weight excluding hydrogens is 416 g/mol. The molecule has 0 fully saturated rings. The minimum Gasteiger partial charge on any atom is -0.274 e. The third kappa shape index (κ3) is 4.16. The normalized spacial score (nSPS) is 11.2. The van der Waals surface area contributed by atoms with Gasteiger partial charge in [-0.3, -0.25) is 14.6 Å². The predicted octanol–water partition coefficient (Wildman–Crippen LogP) is 4.08. The Morgan fingerprint density at radius 3 is 2.79 bits per heavy atom. The van der Waals surface area contributed by atoms with Crippen LogP contribution in [0.2, 0.25) is 0 Å². The van der Waals surface area contributed by atoms with Crippen LogP contribution in [0.3, 0.4) is 0 Å². The van der Waals surface area contributed by atoms with Gasteiger partial charge in [-0.25, -0.2) is 15.1 Å². The maximum atomic E-state index is 12.2. The Morgan fingerprint density at radius 2 is 1.94 bits per heavy atom. The molecular formula is C25H22N6O2. The summed E-state index contributed by atoms with van der Waals surface area (Å²) in [6.07, 6.45) is 1.79. The number of hydrogen-bond donors (Lipinski definition) is 1. The predicted molar refractivity (Wildman–Crippen MR) is 125 cm³/mol. The number of aryl methyl sites for hydroxylation is 1. The highest BCUT2D eigenvalue weighted by atomic mass is 16.6. The van der Waals surface area contributed by atoms with Gasteiger partial charge in [0.2, 0.25) is 0 Å². The Morgan fingerprint density at radius 1 is 1.06 bits per heavy atom. The maximum absolute atomic E-state index is 12.2. The smallest absolute Gasteiger partial charge is 0.274 e. The standard InChI is InChI=1S/C25H22N6O2/c1-3-33-29-25(32)20-8-7-19(13-16(20)2)22-10-11-23-24(27-22)31(30-28-23)15-17-6-9-21-18(14-17)5-4-12-26-21/h4-14H,3,15H2,1-2H3,(H,29,32). The van der Waals surface area contributed by atoms with E-state index in [9.17, 15) is 4.79 Å². The fourth-order valence-electron chi connectivity index (χ4n) is 3.79. The van der Waals surface area contributed by atoms with Crippen molar-refractivity contribution in [3.8, 4) is 11.3 Å². The van der Waals surface area contributed by atoms with Crippen molar-refractivity contribution in [3.63, 3.8) is 0 Å². The van der Waals surface area contributed by atoms with Gasteiger partial charge in [-0.15, -0.1) is 5.10 Å². The Labute approximate surface area is 190 Å². The van der Waals surface area contributed by atoms with Crippen molar-refractivity contribution in [3.05, 3.63) is 83.6 Å². The third-order valence-corrected chi connectivity index (χ3v) is 5.44. The van der Waals surface area contributed by atoms with E-state index in [0.717, 1.165) is 38.8 Å². The Hall–Kier alpha value is -4.17. The van der Waals surface area contributed by atoms with E-state index in [1.807, 2.05) is 62.4 Å². The van der Waals surface area contributed by atoms with Gasteiger partial charge in [0.05, 0.1) is 24.4 Å². The van der Waals surface area contributed by atoms with Gasteiger partial charge in [0.1, 0.15) is 5.52 Å². The number of carbonyl (C=O) groups excluding carboxylic acids is 1. The van der Waals surface area contributed by atoms with Crippen molar-refractivity contribution in [2.24, 2.45) is 0 Å². The fourth-order valence-corrected chi connectivity index (χ4v) is 3.79. The Kier molecular flexibility index (Phi) is 5.50. The molecule has 0 saturated heterocycles. The van der Waals surface area contributed by atoms with Crippen LogP contribution in [-0.4, -0.2) is 37.5 Å². The lowest BCUT2D eigenvalue weighted by atomic mass is 10.0. The summed E-state index contributed by atoms with van der Waals surface area (Å²) in [5.74, 6) is -0.267. The second kappa shape index (κ2) is 8.76. The monoisotopic (exact) mass is 438 g/mol. The number of carbonyl (C=O) groups is 1. The molecule has 0 saturated carbocycles. The van der Waals surface area contributed by atoms with Crippen molar-refractivity contribution < 1.29 is 9.63 Å². The number of nitrogens with zero attached hydrogens (tertiary/aromatic N) is 5. The molecule has 3 heterocycles. The second-order valence-electron chi connectivity index (χ2n) is 7.71. The molecule has 2 aromatic carbocycles. The molecule has 5 aromatic rings. The zero-order valence-electron chi connectivity index (χ0n) is 18.3. The summed E-state index contributed by atoms with van der Waals surface area (Å²) in [7, 11) is 0. The van der Waals surface area contributed by atoms with Crippen molar-refractivity contribution >= 4 is 28.0 Å². The number of fused-ring (bicyclic) bond motifs is 2. The minimum atomic E-state index is -0.267. The SMILES string of the molecule is CCONC(=O)c1ccc(-c2ccc3nnn(Cc4ccc5ncccc5c4)c3n2)cc1C. The summed E-state index contributed by atoms with van der Waals surface area (Å²) in [6.45, 7) is 4.66. The lowest BCUT2D eigenvalue weighted by molar-refractivity contribution is 0.0364. The Balaban J connectivity index is 1.45. The van der Waals surface area contributed by atoms with Crippen molar-refractivity contribution in [1.82, 2.24) is 30.4 Å². The Bertz CT molecular complexity index is 1480. The van der Waals surface area contributed by atoms with Crippen LogP contribution >= 0.6 is 0 Å². The highest BCUT2D eigenvalue weighted by molar-refractivity contribution is 5.95. The van der Waals surface area contributed by atoms with Crippen molar-refractivity contribution in [1.29, 1.82) is 0 Å². The van der Waals surface area contributed by atoms with Gasteiger partial charge in [0.25, 0.3) is 5.91 Å². The largest absolute Gasteiger partial charge is 0.275 e. The lowest BCUT2D eigenvalue weighted by Gasteiger charge is -2.09. The van der Waals surface area contributed by atoms with E-state index in [-0.39, 0.29) is 5.91 Å². The fraction of sp³-hybridized carbons (Fsp3) is 0.160. The number of benzene rings is 2. The average molecular weight is 438 g/mol. The highest BCUT2D eigenvalue weighted by Gasteiger charge is 2.13. The summed E-state index contributed by atoms with van der Waals surface area (Å²) in [4.78, 5) is 26.5. The topological polar surface area (TPSA) is 94.8 Å². The minimum absolute atomic E-state index is 0.267. The molecule has 0 aliphatic heterocycles. The summed E-state index contributed by atoms with van der Waals surface area (Å²) < 4.78 is 1.80. The first-order valence-electron chi connectivity index (χ1n) is 10.7.